The minimum Gasteiger partial charge on any atom is -0.379 e. The van der Waals surface area contributed by atoms with Gasteiger partial charge in [-0.1, -0.05) is 0 Å². The Morgan fingerprint density at radius 1 is 1.20 bits per heavy atom. The fourth-order valence-electron chi connectivity index (χ4n) is 1.03. The summed E-state index contributed by atoms with van der Waals surface area (Å²) < 4.78 is 23.9. The monoisotopic (exact) mass is 239 g/mol. The van der Waals surface area contributed by atoms with Crippen LogP contribution in [-0.4, -0.2) is 34.7 Å². The van der Waals surface area contributed by atoms with Crippen molar-refractivity contribution in [2.75, 3.05) is 19.8 Å². The van der Waals surface area contributed by atoms with Gasteiger partial charge in [0.05, 0.1) is 13.2 Å². The number of hydrogen-bond donors (Lipinski definition) is 3. The van der Waals surface area contributed by atoms with E-state index in [2.05, 4.69) is 13.6 Å². The van der Waals surface area contributed by atoms with Crippen LogP contribution in [0.25, 0.3) is 0 Å². The summed E-state index contributed by atoms with van der Waals surface area (Å²) in [6, 6.07) is 0.405. The molecule has 1 rings (SSSR count). The molecular formula is C6H17N3O5Si. The Morgan fingerprint density at radius 2 is 1.80 bits per heavy atom. The topological polar surface area (TPSA) is 128 Å². The largest absolute Gasteiger partial charge is 0.551 e. The molecule has 1 fully saturated rings. The molecule has 9 heteroatoms. The van der Waals surface area contributed by atoms with Crippen LogP contribution in [0.5, 0.6) is 0 Å². The zero-order chi connectivity index (χ0) is 11.1. The van der Waals surface area contributed by atoms with E-state index in [-0.39, 0.29) is 6.10 Å². The lowest BCUT2D eigenvalue weighted by Crippen LogP contribution is -2.51. The van der Waals surface area contributed by atoms with Gasteiger partial charge in [-0.25, -0.2) is 17.7 Å². The third-order valence-corrected chi connectivity index (χ3v) is 4.06. The Hall–Kier alpha value is -0.103. The molecule has 6 N–H and O–H groups in total. The van der Waals surface area contributed by atoms with Crippen molar-refractivity contribution in [1.82, 2.24) is 0 Å². The summed E-state index contributed by atoms with van der Waals surface area (Å²) >= 11 is 0. The van der Waals surface area contributed by atoms with Crippen molar-refractivity contribution in [2.24, 2.45) is 17.7 Å². The number of ether oxygens (including phenoxy) is 2. The molecule has 0 aromatic carbocycles. The first-order chi connectivity index (χ1) is 7.26. The Morgan fingerprint density at radius 3 is 2.27 bits per heavy atom. The van der Waals surface area contributed by atoms with E-state index in [4.69, 9.17) is 27.2 Å². The van der Waals surface area contributed by atoms with E-state index in [9.17, 15) is 0 Å². The van der Waals surface area contributed by atoms with Crippen LogP contribution in [-0.2, 0) is 23.1 Å². The van der Waals surface area contributed by atoms with E-state index in [1.165, 1.54) is 0 Å². The first-order valence-corrected chi connectivity index (χ1v) is 6.52. The van der Waals surface area contributed by atoms with E-state index in [0.717, 1.165) is 6.61 Å². The summed E-state index contributed by atoms with van der Waals surface area (Å²) in [5.41, 5.74) is 0. The van der Waals surface area contributed by atoms with Crippen LogP contribution in [0.2, 0.25) is 6.04 Å². The zero-order valence-corrected chi connectivity index (χ0v) is 9.39. The number of rotatable bonds is 9. The van der Waals surface area contributed by atoms with E-state index < -0.39 is 8.80 Å². The van der Waals surface area contributed by atoms with Crippen molar-refractivity contribution in [3.05, 3.63) is 0 Å². The molecule has 1 atom stereocenters. The number of nitrogens with two attached hydrogens (primary N) is 3. The fourth-order valence-corrected chi connectivity index (χ4v) is 2.13. The second-order valence-electron chi connectivity index (χ2n) is 3.17. The van der Waals surface area contributed by atoms with Crippen LogP contribution in [0.1, 0.15) is 6.42 Å². The molecule has 90 valence electrons. The van der Waals surface area contributed by atoms with Gasteiger partial charge in [0.1, 0.15) is 6.10 Å². The lowest BCUT2D eigenvalue weighted by atomic mass is 10.5. The molecule has 0 amide bonds. The lowest BCUT2D eigenvalue weighted by Gasteiger charge is -2.21. The maximum Gasteiger partial charge on any atom is 0.551 e. The predicted molar refractivity (Wildman–Crippen MR) is 51.6 cm³/mol. The number of hydrogen-bond acceptors (Lipinski definition) is 8. The molecule has 1 saturated heterocycles. The molecule has 0 aromatic heterocycles. The molecule has 0 radical (unpaired) electrons. The molecule has 0 spiro atoms. The molecule has 0 saturated carbocycles. The van der Waals surface area contributed by atoms with Crippen molar-refractivity contribution in [3.63, 3.8) is 0 Å². The maximum absolute atomic E-state index is 5.29. The maximum atomic E-state index is 5.29. The van der Waals surface area contributed by atoms with Gasteiger partial charge in [-0.2, -0.15) is 0 Å². The van der Waals surface area contributed by atoms with Crippen LogP contribution in [0, 0.1) is 0 Å². The van der Waals surface area contributed by atoms with Crippen LogP contribution < -0.4 is 17.7 Å². The van der Waals surface area contributed by atoms with Crippen molar-refractivity contribution in [2.45, 2.75) is 18.6 Å². The van der Waals surface area contributed by atoms with Crippen LogP contribution in [0.15, 0.2) is 0 Å². The number of epoxide rings is 1. The molecule has 15 heavy (non-hydrogen) atoms. The van der Waals surface area contributed by atoms with Gasteiger partial charge >= 0.3 is 8.80 Å². The van der Waals surface area contributed by atoms with Gasteiger partial charge in [0.25, 0.3) is 0 Å². The van der Waals surface area contributed by atoms with Crippen molar-refractivity contribution in [3.8, 4) is 0 Å². The average Bonchev–Trinajstić information content (AvgIpc) is 3.08. The summed E-state index contributed by atoms with van der Waals surface area (Å²) in [4.78, 5) is 0. The lowest BCUT2D eigenvalue weighted by molar-refractivity contribution is 0.0537. The summed E-state index contributed by atoms with van der Waals surface area (Å²) in [7, 11) is -3.06. The van der Waals surface area contributed by atoms with Crippen LogP contribution in [0.3, 0.4) is 0 Å². The van der Waals surface area contributed by atoms with Crippen LogP contribution in [0.4, 0.5) is 0 Å². The van der Waals surface area contributed by atoms with E-state index >= 15 is 0 Å². The summed E-state index contributed by atoms with van der Waals surface area (Å²) in [5.74, 6) is 15.0. The first kappa shape index (κ1) is 13.0. The molecule has 0 aromatic rings. The van der Waals surface area contributed by atoms with Crippen molar-refractivity contribution < 1.29 is 23.1 Å². The predicted octanol–water partition coefficient (Wildman–Crippen LogP) is -1.60. The molecule has 1 aliphatic rings. The van der Waals surface area contributed by atoms with E-state index in [1.54, 1.807) is 0 Å². The van der Waals surface area contributed by atoms with Crippen LogP contribution >= 0.6 is 0 Å². The Labute approximate surface area is 88.8 Å². The molecule has 1 aliphatic heterocycles. The zero-order valence-electron chi connectivity index (χ0n) is 8.39. The normalized spacial score (nSPS) is 20.6. The Balaban J connectivity index is 2.04. The minimum absolute atomic E-state index is 0.259. The second-order valence-corrected chi connectivity index (χ2v) is 5.74. The highest BCUT2D eigenvalue weighted by Crippen LogP contribution is 2.13. The summed E-state index contributed by atoms with van der Waals surface area (Å²) in [5, 5.41) is 0. The van der Waals surface area contributed by atoms with Gasteiger partial charge < -0.3 is 9.47 Å². The highest BCUT2D eigenvalue weighted by atomic mass is 28.4. The third-order valence-electron chi connectivity index (χ3n) is 2.02. The molecule has 8 nitrogen and oxygen atoms in total. The molecule has 1 heterocycles. The van der Waals surface area contributed by atoms with Crippen molar-refractivity contribution in [1.29, 1.82) is 0 Å². The molecular weight excluding hydrogens is 222 g/mol. The van der Waals surface area contributed by atoms with Gasteiger partial charge in [-0.05, 0) is 6.42 Å². The second kappa shape index (κ2) is 6.47. The smallest absolute Gasteiger partial charge is 0.379 e. The molecule has 1 unspecified atom stereocenters. The summed E-state index contributed by atoms with van der Waals surface area (Å²) in [6.45, 7) is 1.91. The first-order valence-electron chi connectivity index (χ1n) is 4.59. The SMILES string of the molecule is NO[Si](CCCOCC1CO1)(ON)ON. The van der Waals surface area contributed by atoms with Gasteiger partial charge in [0.2, 0.25) is 0 Å². The Kier molecular flexibility index (Phi) is 5.59. The quantitative estimate of drug-likeness (QED) is 0.190. The van der Waals surface area contributed by atoms with Gasteiger partial charge in [-0.15, -0.1) is 0 Å². The average molecular weight is 239 g/mol. The van der Waals surface area contributed by atoms with Gasteiger partial charge in [-0.3, -0.25) is 13.6 Å². The van der Waals surface area contributed by atoms with E-state index in [0.29, 0.717) is 25.7 Å². The highest BCUT2D eigenvalue weighted by molar-refractivity contribution is 6.60. The van der Waals surface area contributed by atoms with Crippen molar-refractivity contribution >= 4 is 8.80 Å². The third kappa shape index (κ3) is 4.50. The van der Waals surface area contributed by atoms with Gasteiger partial charge in [0, 0.05) is 12.7 Å². The molecule has 0 aliphatic carbocycles. The van der Waals surface area contributed by atoms with Gasteiger partial charge in [0.15, 0.2) is 0 Å². The molecule has 0 bridgehead atoms. The standard InChI is InChI=1S/C6H17N3O5Si/c7-12-15(13-8,14-9)3-1-2-10-4-6-5-11-6/h6H,1-5,7-9H2. The fraction of sp³-hybridized carbons (Fsp3) is 1.00. The van der Waals surface area contributed by atoms with E-state index in [1.807, 2.05) is 0 Å². The Bertz CT molecular complexity index is 170. The minimum atomic E-state index is -3.06. The summed E-state index contributed by atoms with van der Waals surface area (Å²) in [6.07, 6.45) is 0.902. The highest BCUT2D eigenvalue weighted by Gasteiger charge is 2.40.